The molecule has 1 N–H and O–H groups in total. The fourth-order valence-corrected chi connectivity index (χ4v) is 3.29. The van der Waals surface area contributed by atoms with E-state index >= 15 is 0 Å². The highest BCUT2D eigenvalue weighted by atomic mass is 32.1. The molecular formula is C15H20N2S. The van der Waals surface area contributed by atoms with Crippen molar-refractivity contribution >= 4 is 11.3 Å². The highest BCUT2D eigenvalue weighted by molar-refractivity contribution is 7.12. The predicted octanol–water partition coefficient (Wildman–Crippen LogP) is 4.17. The largest absolute Gasteiger partial charge is 0.302 e. The summed E-state index contributed by atoms with van der Waals surface area (Å²) in [6.45, 7) is 8.73. The first kappa shape index (κ1) is 13.2. The monoisotopic (exact) mass is 260 g/mol. The fourth-order valence-electron chi connectivity index (χ4n) is 2.26. The van der Waals surface area contributed by atoms with E-state index in [0.29, 0.717) is 6.04 Å². The lowest BCUT2D eigenvalue weighted by Crippen LogP contribution is -2.23. The molecule has 2 aromatic rings. The Balaban J connectivity index is 2.08. The Bertz CT molecular complexity index is 504. The number of hydrogen-bond acceptors (Lipinski definition) is 3. The number of thiophene rings is 1. The van der Waals surface area contributed by atoms with Gasteiger partial charge in [0.15, 0.2) is 0 Å². The van der Waals surface area contributed by atoms with Crippen molar-refractivity contribution in [3.8, 4) is 0 Å². The summed E-state index contributed by atoms with van der Waals surface area (Å²) in [7, 11) is 0. The van der Waals surface area contributed by atoms with E-state index in [9.17, 15) is 0 Å². The molecular weight excluding hydrogens is 240 g/mol. The second-order valence-corrected chi connectivity index (χ2v) is 6.19. The van der Waals surface area contributed by atoms with Crippen molar-refractivity contribution in [1.82, 2.24) is 10.3 Å². The maximum atomic E-state index is 4.39. The molecule has 3 heteroatoms. The van der Waals surface area contributed by atoms with Gasteiger partial charge < -0.3 is 5.32 Å². The molecule has 2 aromatic heterocycles. The van der Waals surface area contributed by atoms with Gasteiger partial charge in [-0.2, -0.15) is 0 Å². The molecule has 0 aromatic carbocycles. The SMILES string of the molecule is Cc1cc(C(C)NC(C)c2ccccn2)c(C)s1. The summed E-state index contributed by atoms with van der Waals surface area (Å²) in [4.78, 5) is 7.17. The quantitative estimate of drug-likeness (QED) is 0.892. The molecule has 0 saturated heterocycles. The van der Waals surface area contributed by atoms with Crippen molar-refractivity contribution in [2.24, 2.45) is 0 Å². The third-order valence-electron chi connectivity index (χ3n) is 3.18. The van der Waals surface area contributed by atoms with Crippen LogP contribution in [0.25, 0.3) is 0 Å². The van der Waals surface area contributed by atoms with Gasteiger partial charge in [0.25, 0.3) is 0 Å². The summed E-state index contributed by atoms with van der Waals surface area (Å²) in [5, 5.41) is 3.61. The standard InChI is InChI=1S/C15H20N2S/c1-10-9-14(13(4)18-10)11(2)17-12(3)15-7-5-6-8-16-15/h5-9,11-12,17H,1-4H3. The van der Waals surface area contributed by atoms with Crippen LogP contribution in [0.15, 0.2) is 30.5 Å². The van der Waals surface area contributed by atoms with Crippen LogP contribution < -0.4 is 5.32 Å². The molecule has 0 fully saturated rings. The molecule has 0 amide bonds. The minimum Gasteiger partial charge on any atom is -0.302 e. The fraction of sp³-hybridized carbons (Fsp3) is 0.400. The molecule has 0 bridgehead atoms. The van der Waals surface area contributed by atoms with Gasteiger partial charge in [0.05, 0.1) is 5.69 Å². The van der Waals surface area contributed by atoms with Gasteiger partial charge in [-0.15, -0.1) is 11.3 Å². The lowest BCUT2D eigenvalue weighted by Gasteiger charge is -2.19. The first-order valence-corrected chi connectivity index (χ1v) is 7.13. The Morgan fingerprint density at radius 1 is 1.17 bits per heavy atom. The molecule has 0 aliphatic rings. The highest BCUT2D eigenvalue weighted by Gasteiger charge is 2.14. The molecule has 0 radical (unpaired) electrons. The van der Waals surface area contributed by atoms with Gasteiger partial charge in [-0.05, 0) is 51.5 Å². The van der Waals surface area contributed by atoms with Crippen molar-refractivity contribution in [3.05, 3.63) is 51.5 Å². The molecule has 0 spiro atoms. The summed E-state index contributed by atoms with van der Waals surface area (Å²) in [5.41, 5.74) is 2.49. The van der Waals surface area contributed by atoms with Crippen LogP contribution in [0, 0.1) is 13.8 Å². The van der Waals surface area contributed by atoms with E-state index < -0.39 is 0 Å². The van der Waals surface area contributed by atoms with Crippen LogP contribution in [0.2, 0.25) is 0 Å². The molecule has 0 saturated carbocycles. The van der Waals surface area contributed by atoms with Gasteiger partial charge in [-0.25, -0.2) is 0 Å². The second kappa shape index (κ2) is 5.63. The van der Waals surface area contributed by atoms with E-state index in [0.717, 1.165) is 5.69 Å². The van der Waals surface area contributed by atoms with Crippen LogP contribution in [0.5, 0.6) is 0 Å². The van der Waals surface area contributed by atoms with Crippen LogP contribution >= 0.6 is 11.3 Å². The lowest BCUT2D eigenvalue weighted by molar-refractivity contribution is 0.486. The third kappa shape index (κ3) is 2.98. The molecule has 2 heterocycles. The van der Waals surface area contributed by atoms with Crippen LogP contribution in [-0.4, -0.2) is 4.98 Å². The smallest absolute Gasteiger partial charge is 0.0570 e. The van der Waals surface area contributed by atoms with E-state index in [1.807, 2.05) is 29.7 Å². The average Bonchev–Trinajstić information content (AvgIpc) is 2.69. The Morgan fingerprint density at radius 3 is 2.50 bits per heavy atom. The number of nitrogens with one attached hydrogen (secondary N) is 1. The van der Waals surface area contributed by atoms with Crippen molar-refractivity contribution in [2.45, 2.75) is 39.8 Å². The van der Waals surface area contributed by atoms with Gasteiger partial charge >= 0.3 is 0 Å². The number of pyridine rings is 1. The van der Waals surface area contributed by atoms with Gasteiger partial charge in [-0.1, -0.05) is 6.07 Å². The number of aromatic nitrogens is 1. The number of aryl methyl sites for hydroxylation is 2. The van der Waals surface area contributed by atoms with Gasteiger partial charge in [0.1, 0.15) is 0 Å². The molecule has 0 aliphatic carbocycles. The molecule has 2 atom stereocenters. The van der Waals surface area contributed by atoms with Crippen molar-refractivity contribution in [2.75, 3.05) is 0 Å². The maximum Gasteiger partial charge on any atom is 0.0570 e. The van der Waals surface area contributed by atoms with E-state index in [2.05, 4.69) is 50.1 Å². The van der Waals surface area contributed by atoms with E-state index in [1.54, 1.807) is 0 Å². The summed E-state index contributed by atoms with van der Waals surface area (Å²) in [6, 6.07) is 8.95. The highest BCUT2D eigenvalue weighted by Crippen LogP contribution is 2.27. The van der Waals surface area contributed by atoms with Crippen LogP contribution in [-0.2, 0) is 0 Å². The Labute approximate surface area is 113 Å². The van der Waals surface area contributed by atoms with Crippen molar-refractivity contribution in [3.63, 3.8) is 0 Å². The number of hydrogen-bond donors (Lipinski definition) is 1. The topological polar surface area (TPSA) is 24.9 Å². The van der Waals surface area contributed by atoms with Crippen LogP contribution in [0.1, 0.15) is 46.9 Å². The zero-order valence-electron chi connectivity index (χ0n) is 11.4. The van der Waals surface area contributed by atoms with Crippen LogP contribution in [0.3, 0.4) is 0 Å². The molecule has 2 rings (SSSR count). The predicted molar refractivity (Wildman–Crippen MR) is 78.0 cm³/mol. The summed E-state index contributed by atoms with van der Waals surface area (Å²) in [6.07, 6.45) is 1.85. The minimum absolute atomic E-state index is 0.265. The molecule has 96 valence electrons. The molecule has 18 heavy (non-hydrogen) atoms. The Hall–Kier alpha value is -1.19. The normalized spacial score (nSPS) is 14.4. The van der Waals surface area contributed by atoms with Gasteiger partial charge in [0, 0.05) is 28.0 Å². The maximum absolute atomic E-state index is 4.39. The number of rotatable bonds is 4. The zero-order valence-corrected chi connectivity index (χ0v) is 12.2. The Morgan fingerprint density at radius 2 is 1.94 bits per heavy atom. The second-order valence-electron chi connectivity index (χ2n) is 4.73. The first-order chi connectivity index (χ1) is 8.58. The lowest BCUT2D eigenvalue weighted by atomic mass is 10.1. The first-order valence-electron chi connectivity index (χ1n) is 6.32. The summed E-state index contributed by atoms with van der Waals surface area (Å²) in [5.74, 6) is 0. The van der Waals surface area contributed by atoms with Gasteiger partial charge in [0.2, 0.25) is 0 Å². The Kier molecular flexibility index (Phi) is 4.15. The van der Waals surface area contributed by atoms with Crippen molar-refractivity contribution in [1.29, 1.82) is 0 Å². The molecule has 0 aliphatic heterocycles. The van der Waals surface area contributed by atoms with Gasteiger partial charge in [-0.3, -0.25) is 4.98 Å². The van der Waals surface area contributed by atoms with E-state index in [1.165, 1.54) is 15.3 Å². The number of nitrogens with zero attached hydrogens (tertiary/aromatic N) is 1. The van der Waals surface area contributed by atoms with Crippen molar-refractivity contribution < 1.29 is 0 Å². The van der Waals surface area contributed by atoms with E-state index in [4.69, 9.17) is 0 Å². The van der Waals surface area contributed by atoms with Crippen LogP contribution in [0.4, 0.5) is 0 Å². The molecule has 2 nitrogen and oxygen atoms in total. The summed E-state index contributed by atoms with van der Waals surface area (Å²) >= 11 is 1.86. The van der Waals surface area contributed by atoms with E-state index in [-0.39, 0.29) is 6.04 Å². The zero-order chi connectivity index (χ0) is 13.1. The molecule has 2 unspecified atom stereocenters. The average molecular weight is 260 g/mol. The summed E-state index contributed by atoms with van der Waals surface area (Å²) < 4.78 is 0. The third-order valence-corrected chi connectivity index (χ3v) is 4.16. The minimum atomic E-state index is 0.265.